The predicted octanol–water partition coefficient (Wildman–Crippen LogP) is 1.48. The minimum atomic E-state index is -0.231. The molecule has 0 aliphatic heterocycles. The Balaban J connectivity index is 2.74. The highest BCUT2D eigenvalue weighted by Crippen LogP contribution is 2.18. The van der Waals surface area contributed by atoms with Crippen LogP contribution in [0.25, 0.3) is 0 Å². The van der Waals surface area contributed by atoms with Gasteiger partial charge in [-0.15, -0.1) is 0 Å². The van der Waals surface area contributed by atoms with Gasteiger partial charge in [-0.3, -0.25) is 4.79 Å². The third kappa shape index (κ3) is 3.94. The van der Waals surface area contributed by atoms with Gasteiger partial charge in [0.15, 0.2) is 0 Å². The van der Waals surface area contributed by atoms with Crippen molar-refractivity contribution in [1.82, 2.24) is 4.98 Å². The number of nitrogens with zero attached hydrogens (tertiary/aromatic N) is 2. The van der Waals surface area contributed by atoms with Gasteiger partial charge in [0.2, 0.25) is 5.88 Å². The molecule has 0 radical (unpaired) electrons. The maximum absolute atomic E-state index is 11.4. The molecule has 0 amide bonds. The molecule has 0 spiro atoms. The molecule has 94 valence electrons. The summed E-state index contributed by atoms with van der Waals surface area (Å²) in [5.41, 5.74) is 0.896. The molecule has 0 aliphatic rings. The summed E-state index contributed by atoms with van der Waals surface area (Å²) in [5, 5.41) is 0. The fraction of sp³-hybridized carbons (Fsp3) is 0.500. The van der Waals surface area contributed by atoms with Crippen molar-refractivity contribution < 1.29 is 14.3 Å². The SMILES string of the molecule is CCOC(=O)CN(CC)c1ccnc(OC)c1. The lowest BCUT2D eigenvalue weighted by molar-refractivity contribution is -0.141. The second-order valence-corrected chi connectivity index (χ2v) is 3.38. The number of carbonyl (C=O) groups excluding carboxylic acids is 1. The number of rotatable bonds is 6. The van der Waals surface area contributed by atoms with Crippen molar-refractivity contribution in [2.24, 2.45) is 0 Å². The summed E-state index contributed by atoms with van der Waals surface area (Å²) in [6.07, 6.45) is 1.65. The van der Waals surface area contributed by atoms with Gasteiger partial charge in [-0.05, 0) is 19.9 Å². The summed E-state index contributed by atoms with van der Waals surface area (Å²) in [7, 11) is 1.56. The maximum Gasteiger partial charge on any atom is 0.325 e. The number of methoxy groups -OCH3 is 1. The third-order valence-electron chi connectivity index (χ3n) is 2.30. The number of aromatic nitrogens is 1. The Morgan fingerprint density at radius 2 is 2.24 bits per heavy atom. The lowest BCUT2D eigenvalue weighted by Crippen LogP contribution is -2.30. The first-order chi connectivity index (χ1) is 8.21. The van der Waals surface area contributed by atoms with Gasteiger partial charge in [0.1, 0.15) is 6.54 Å². The van der Waals surface area contributed by atoms with Gasteiger partial charge in [0.05, 0.1) is 13.7 Å². The van der Waals surface area contributed by atoms with E-state index in [0.717, 1.165) is 5.69 Å². The molecule has 5 heteroatoms. The molecule has 1 heterocycles. The summed E-state index contributed by atoms with van der Waals surface area (Å²) < 4.78 is 9.97. The lowest BCUT2D eigenvalue weighted by atomic mass is 10.3. The van der Waals surface area contributed by atoms with Gasteiger partial charge in [0.25, 0.3) is 0 Å². The predicted molar refractivity (Wildman–Crippen MR) is 65.3 cm³/mol. The average Bonchev–Trinajstić information content (AvgIpc) is 2.36. The number of hydrogen-bond acceptors (Lipinski definition) is 5. The summed E-state index contributed by atoms with van der Waals surface area (Å²) in [5.74, 6) is 0.301. The van der Waals surface area contributed by atoms with Gasteiger partial charge < -0.3 is 14.4 Å². The van der Waals surface area contributed by atoms with E-state index in [4.69, 9.17) is 9.47 Å². The topological polar surface area (TPSA) is 51.7 Å². The molecule has 17 heavy (non-hydrogen) atoms. The van der Waals surface area contributed by atoms with Crippen molar-refractivity contribution in [2.75, 3.05) is 31.7 Å². The minimum Gasteiger partial charge on any atom is -0.481 e. The van der Waals surface area contributed by atoms with Crippen LogP contribution >= 0.6 is 0 Å². The zero-order chi connectivity index (χ0) is 12.7. The van der Waals surface area contributed by atoms with E-state index < -0.39 is 0 Å². The minimum absolute atomic E-state index is 0.231. The molecule has 0 bridgehead atoms. The number of hydrogen-bond donors (Lipinski definition) is 0. The molecule has 0 atom stereocenters. The van der Waals surface area contributed by atoms with Crippen LogP contribution < -0.4 is 9.64 Å². The Morgan fingerprint density at radius 1 is 1.47 bits per heavy atom. The van der Waals surface area contributed by atoms with E-state index in [0.29, 0.717) is 19.0 Å². The molecule has 0 N–H and O–H groups in total. The smallest absolute Gasteiger partial charge is 0.325 e. The number of pyridine rings is 1. The van der Waals surface area contributed by atoms with Gasteiger partial charge >= 0.3 is 5.97 Å². The number of likely N-dealkylation sites (N-methyl/N-ethyl adjacent to an activating group) is 1. The van der Waals surface area contributed by atoms with Crippen LogP contribution in [0.15, 0.2) is 18.3 Å². The van der Waals surface area contributed by atoms with E-state index in [1.54, 1.807) is 26.3 Å². The zero-order valence-electron chi connectivity index (χ0n) is 10.5. The van der Waals surface area contributed by atoms with Crippen molar-refractivity contribution in [3.63, 3.8) is 0 Å². The summed E-state index contributed by atoms with van der Waals surface area (Å²) in [6, 6.07) is 3.63. The first kappa shape index (κ1) is 13.3. The molecule has 0 saturated heterocycles. The lowest BCUT2D eigenvalue weighted by Gasteiger charge is -2.21. The van der Waals surface area contributed by atoms with Gasteiger partial charge in [0, 0.05) is 24.5 Å². The summed E-state index contributed by atoms with van der Waals surface area (Å²) >= 11 is 0. The molecule has 0 unspecified atom stereocenters. The van der Waals surface area contributed by atoms with Crippen molar-refractivity contribution in [3.8, 4) is 5.88 Å². The van der Waals surface area contributed by atoms with Crippen LogP contribution in [-0.4, -0.2) is 37.8 Å². The fourth-order valence-electron chi connectivity index (χ4n) is 1.46. The van der Waals surface area contributed by atoms with E-state index in [-0.39, 0.29) is 12.5 Å². The Hall–Kier alpha value is -1.78. The van der Waals surface area contributed by atoms with Crippen molar-refractivity contribution in [2.45, 2.75) is 13.8 Å². The molecular weight excluding hydrogens is 220 g/mol. The van der Waals surface area contributed by atoms with Crippen LogP contribution in [0.1, 0.15) is 13.8 Å². The van der Waals surface area contributed by atoms with E-state index in [9.17, 15) is 4.79 Å². The van der Waals surface area contributed by atoms with Crippen LogP contribution in [0, 0.1) is 0 Å². The Bertz CT molecular complexity index is 369. The molecule has 0 fully saturated rings. The van der Waals surface area contributed by atoms with Gasteiger partial charge in [-0.25, -0.2) is 4.98 Å². The molecule has 5 nitrogen and oxygen atoms in total. The maximum atomic E-state index is 11.4. The van der Waals surface area contributed by atoms with E-state index in [1.165, 1.54) is 0 Å². The van der Waals surface area contributed by atoms with Crippen molar-refractivity contribution >= 4 is 11.7 Å². The first-order valence-corrected chi connectivity index (χ1v) is 5.61. The third-order valence-corrected chi connectivity index (χ3v) is 2.30. The second-order valence-electron chi connectivity index (χ2n) is 3.38. The van der Waals surface area contributed by atoms with Crippen LogP contribution in [0.3, 0.4) is 0 Å². The molecule has 0 saturated carbocycles. The Labute approximate surface area is 101 Å². The Kier molecular flexibility index (Phi) is 5.26. The zero-order valence-corrected chi connectivity index (χ0v) is 10.5. The summed E-state index contributed by atoms with van der Waals surface area (Å²) in [6.45, 7) is 5.12. The molecule has 1 aromatic rings. The number of anilines is 1. The normalized spacial score (nSPS) is 9.82. The molecule has 1 rings (SSSR count). The van der Waals surface area contributed by atoms with Crippen LogP contribution in [0.5, 0.6) is 5.88 Å². The van der Waals surface area contributed by atoms with Crippen LogP contribution in [0.2, 0.25) is 0 Å². The molecule has 0 aliphatic carbocycles. The average molecular weight is 238 g/mol. The number of esters is 1. The first-order valence-electron chi connectivity index (χ1n) is 5.61. The summed E-state index contributed by atoms with van der Waals surface area (Å²) in [4.78, 5) is 17.4. The number of carbonyl (C=O) groups is 1. The van der Waals surface area contributed by atoms with Crippen LogP contribution in [-0.2, 0) is 9.53 Å². The van der Waals surface area contributed by atoms with Crippen LogP contribution in [0.4, 0.5) is 5.69 Å². The molecule has 0 aromatic carbocycles. The quantitative estimate of drug-likeness (QED) is 0.703. The van der Waals surface area contributed by atoms with Gasteiger partial charge in [-0.2, -0.15) is 0 Å². The van der Waals surface area contributed by atoms with E-state index in [2.05, 4.69) is 4.98 Å². The van der Waals surface area contributed by atoms with Crippen molar-refractivity contribution in [3.05, 3.63) is 18.3 Å². The standard InChI is InChI=1S/C12H18N2O3/c1-4-14(9-12(15)17-5-2)10-6-7-13-11(8-10)16-3/h6-8H,4-5,9H2,1-3H3. The molecular formula is C12H18N2O3. The Morgan fingerprint density at radius 3 is 2.82 bits per heavy atom. The molecule has 1 aromatic heterocycles. The highest BCUT2D eigenvalue weighted by molar-refractivity contribution is 5.75. The van der Waals surface area contributed by atoms with Crippen molar-refractivity contribution in [1.29, 1.82) is 0 Å². The van der Waals surface area contributed by atoms with E-state index >= 15 is 0 Å². The highest BCUT2D eigenvalue weighted by Gasteiger charge is 2.11. The van der Waals surface area contributed by atoms with Gasteiger partial charge in [-0.1, -0.05) is 0 Å². The highest BCUT2D eigenvalue weighted by atomic mass is 16.5. The monoisotopic (exact) mass is 238 g/mol. The fourth-order valence-corrected chi connectivity index (χ4v) is 1.46. The second kappa shape index (κ2) is 6.73. The largest absolute Gasteiger partial charge is 0.481 e. The van der Waals surface area contributed by atoms with E-state index in [1.807, 2.05) is 17.9 Å². The number of ether oxygens (including phenoxy) is 2.